The Balaban J connectivity index is 2.14. The van der Waals surface area contributed by atoms with E-state index in [2.05, 4.69) is 10.4 Å². The number of nitrogens with zero attached hydrogens (tertiary/aromatic N) is 3. The molecule has 0 spiro atoms. The molecular weight excluding hydrogens is 232 g/mol. The minimum Gasteiger partial charge on any atom is -0.379 e. The average Bonchev–Trinajstić information content (AvgIpc) is 2.73. The van der Waals surface area contributed by atoms with Crippen LogP contribution in [0.25, 0.3) is 0 Å². The third-order valence-electron chi connectivity index (χ3n) is 2.73. The topological polar surface area (TPSA) is 73.0 Å². The molecule has 0 aliphatic heterocycles. The van der Waals surface area contributed by atoms with Gasteiger partial charge in [-0.15, -0.1) is 0 Å². The van der Waals surface area contributed by atoms with Crippen molar-refractivity contribution in [3.8, 4) is 0 Å². The van der Waals surface area contributed by atoms with Gasteiger partial charge in [0.15, 0.2) is 0 Å². The molecule has 0 aliphatic carbocycles. The molecule has 0 radical (unpaired) electrons. The van der Waals surface area contributed by atoms with Gasteiger partial charge in [-0.05, 0) is 19.1 Å². The molecule has 0 saturated heterocycles. The largest absolute Gasteiger partial charge is 0.379 e. The number of aryl methyl sites for hydroxylation is 1. The van der Waals surface area contributed by atoms with Crippen LogP contribution in [0.3, 0.4) is 0 Å². The van der Waals surface area contributed by atoms with Crippen LogP contribution >= 0.6 is 0 Å². The van der Waals surface area contributed by atoms with E-state index in [1.165, 1.54) is 6.07 Å². The standard InChI is InChI=1S/C12H14N4O2/c1-9-11(4-3-5-12(9)16(17)18)13-8-10-6-7-15(2)14-10/h3-7,13H,8H2,1-2H3. The average molecular weight is 246 g/mol. The summed E-state index contributed by atoms with van der Waals surface area (Å²) in [5.41, 5.74) is 2.41. The summed E-state index contributed by atoms with van der Waals surface area (Å²) in [6, 6.07) is 6.90. The highest BCUT2D eigenvalue weighted by Gasteiger charge is 2.12. The second-order valence-corrected chi connectivity index (χ2v) is 4.04. The van der Waals surface area contributed by atoms with E-state index in [-0.39, 0.29) is 10.6 Å². The Morgan fingerprint density at radius 1 is 1.44 bits per heavy atom. The van der Waals surface area contributed by atoms with E-state index >= 15 is 0 Å². The van der Waals surface area contributed by atoms with E-state index in [1.54, 1.807) is 17.7 Å². The maximum Gasteiger partial charge on any atom is 0.274 e. The summed E-state index contributed by atoms with van der Waals surface area (Å²) in [6.07, 6.45) is 1.86. The van der Waals surface area contributed by atoms with Gasteiger partial charge in [0.1, 0.15) is 0 Å². The Kier molecular flexibility index (Phi) is 3.27. The highest BCUT2D eigenvalue weighted by molar-refractivity contribution is 5.59. The first-order valence-electron chi connectivity index (χ1n) is 5.54. The minimum absolute atomic E-state index is 0.126. The molecule has 0 amide bonds. The second kappa shape index (κ2) is 4.87. The van der Waals surface area contributed by atoms with Gasteiger partial charge in [0.25, 0.3) is 5.69 Å². The minimum atomic E-state index is -0.374. The van der Waals surface area contributed by atoms with Crippen molar-refractivity contribution in [3.63, 3.8) is 0 Å². The van der Waals surface area contributed by atoms with E-state index in [1.807, 2.05) is 25.4 Å². The van der Waals surface area contributed by atoms with E-state index in [0.29, 0.717) is 12.1 Å². The Bertz CT molecular complexity index is 577. The lowest BCUT2D eigenvalue weighted by Crippen LogP contribution is -2.03. The van der Waals surface area contributed by atoms with Crippen LogP contribution in [0.2, 0.25) is 0 Å². The molecule has 0 unspecified atom stereocenters. The lowest BCUT2D eigenvalue weighted by molar-refractivity contribution is -0.385. The molecule has 1 aromatic heterocycles. The Morgan fingerprint density at radius 2 is 2.22 bits per heavy atom. The van der Waals surface area contributed by atoms with Gasteiger partial charge in [0, 0.05) is 30.6 Å². The molecule has 94 valence electrons. The fourth-order valence-electron chi connectivity index (χ4n) is 1.76. The van der Waals surface area contributed by atoms with Crippen molar-refractivity contribution in [1.82, 2.24) is 9.78 Å². The number of rotatable bonds is 4. The fourth-order valence-corrected chi connectivity index (χ4v) is 1.76. The summed E-state index contributed by atoms with van der Waals surface area (Å²) >= 11 is 0. The SMILES string of the molecule is Cc1c(NCc2ccn(C)n2)cccc1[N+](=O)[O-]. The molecule has 18 heavy (non-hydrogen) atoms. The molecule has 0 bridgehead atoms. The van der Waals surface area contributed by atoms with E-state index < -0.39 is 0 Å². The van der Waals surface area contributed by atoms with Crippen LogP contribution in [0, 0.1) is 17.0 Å². The number of nitro benzene ring substituents is 1. The van der Waals surface area contributed by atoms with Crippen LogP contribution in [0.5, 0.6) is 0 Å². The second-order valence-electron chi connectivity index (χ2n) is 4.04. The Morgan fingerprint density at radius 3 is 2.83 bits per heavy atom. The van der Waals surface area contributed by atoms with Crippen molar-refractivity contribution in [2.45, 2.75) is 13.5 Å². The monoisotopic (exact) mass is 246 g/mol. The first-order valence-corrected chi connectivity index (χ1v) is 5.54. The lowest BCUT2D eigenvalue weighted by atomic mass is 10.1. The summed E-state index contributed by atoms with van der Waals surface area (Å²) in [5.74, 6) is 0. The van der Waals surface area contributed by atoms with Gasteiger partial charge in [-0.25, -0.2) is 0 Å². The Hall–Kier alpha value is -2.37. The van der Waals surface area contributed by atoms with Gasteiger partial charge in [-0.1, -0.05) is 6.07 Å². The van der Waals surface area contributed by atoms with Gasteiger partial charge in [-0.2, -0.15) is 5.10 Å². The number of benzene rings is 1. The number of nitrogens with one attached hydrogen (secondary N) is 1. The number of aromatic nitrogens is 2. The molecule has 6 nitrogen and oxygen atoms in total. The molecule has 1 heterocycles. The summed E-state index contributed by atoms with van der Waals surface area (Å²) in [4.78, 5) is 10.4. The molecule has 1 N–H and O–H groups in total. The van der Waals surface area contributed by atoms with Crippen LogP contribution in [0.4, 0.5) is 11.4 Å². The zero-order valence-corrected chi connectivity index (χ0v) is 10.3. The van der Waals surface area contributed by atoms with Crippen LogP contribution in [-0.2, 0) is 13.6 Å². The highest BCUT2D eigenvalue weighted by Crippen LogP contribution is 2.25. The van der Waals surface area contributed by atoms with Crippen molar-refractivity contribution in [2.75, 3.05) is 5.32 Å². The third kappa shape index (κ3) is 2.48. The van der Waals surface area contributed by atoms with E-state index in [4.69, 9.17) is 0 Å². The summed E-state index contributed by atoms with van der Waals surface area (Å²) < 4.78 is 1.72. The third-order valence-corrected chi connectivity index (χ3v) is 2.73. The van der Waals surface area contributed by atoms with Gasteiger partial charge in [-0.3, -0.25) is 14.8 Å². The normalized spacial score (nSPS) is 10.3. The van der Waals surface area contributed by atoms with Crippen LogP contribution in [0.1, 0.15) is 11.3 Å². The zero-order valence-electron chi connectivity index (χ0n) is 10.3. The lowest BCUT2D eigenvalue weighted by Gasteiger charge is -2.08. The maximum atomic E-state index is 10.8. The quantitative estimate of drug-likeness (QED) is 0.663. The molecule has 2 rings (SSSR count). The predicted molar refractivity (Wildman–Crippen MR) is 68.4 cm³/mol. The van der Waals surface area contributed by atoms with E-state index in [0.717, 1.165) is 11.4 Å². The van der Waals surface area contributed by atoms with Crippen molar-refractivity contribution in [3.05, 3.63) is 51.8 Å². The van der Waals surface area contributed by atoms with Gasteiger partial charge in [0.05, 0.1) is 17.2 Å². The zero-order chi connectivity index (χ0) is 13.1. The van der Waals surface area contributed by atoms with Crippen molar-refractivity contribution in [1.29, 1.82) is 0 Å². The molecule has 0 aliphatic rings. The fraction of sp³-hybridized carbons (Fsp3) is 0.250. The van der Waals surface area contributed by atoms with Crippen molar-refractivity contribution < 1.29 is 4.92 Å². The predicted octanol–water partition coefficient (Wildman–Crippen LogP) is 2.25. The molecule has 6 heteroatoms. The smallest absolute Gasteiger partial charge is 0.274 e. The van der Waals surface area contributed by atoms with Crippen molar-refractivity contribution in [2.24, 2.45) is 7.05 Å². The summed E-state index contributed by atoms with van der Waals surface area (Å²) in [5, 5.41) is 18.2. The van der Waals surface area contributed by atoms with Gasteiger partial charge in [0.2, 0.25) is 0 Å². The van der Waals surface area contributed by atoms with Crippen LogP contribution in [-0.4, -0.2) is 14.7 Å². The number of hydrogen-bond donors (Lipinski definition) is 1. The molecular formula is C12H14N4O2. The first-order chi connectivity index (χ1) is 8.58. The number of hydrogen-bond acceptors (Lipinski definition) is 4. The highest BCUT2D eigenvalue weighted by atomic mass is 16.6. The summed E-state index contributed by atoms with van der Waals surface area (Å²) in [6.45, 7) is 2.28. The van der Waals surface area contributed by atoms with Crippen LogP contribution < -0.4 is 5.32 Å². The van der Waals surface area contributed by atoms with Gasteiger partial charge < -0.3 is 5.32 Å². The van der Waals surface area contributed by atoms with Gasteiger partial charge >= 0.3 is 0 Å². The van der Waals surface area contributed by atoms with Crippen LogP contribution in [0.15, 0.2) is 30.5 Å². The molecule has 2 aromatic rings. The molecule has 0 atom stereocenters. The number of anilines is 1. The van der Waals surface area contributed by atoms with Crippen molar-refractivity contribution >= 4 is 11.4 Å². The summed E-state index contributed by atoms with van der Waals surface area (Å²) in [7, 11) is 1.85. The maximum absolute atomic E-state index is 10.8. The molecule has 0 saturated carbocycles. The van der Waals surface area contributed by atoms with E-state index in [9.17, 15) is 10.1 Å². The Labute approximate surface area is 104 Å². The first kappa shape index (κ1) is 12.1. The number of nitro groups is 1. The molecule has 0 fully saturated rings. The molecule has 1 aromatic carbocycles.